The molecule has 0 bridgehead atoms. The van der Waals surface area contributed by atoms with Crippen LogP contribution in [0.1, 0.15) is 35.6 Å². The number of ether oxygens (including phenoxy) is 3. The van der Waals surface area contributed by atoms with Crippen LogP contribution in [0.3, 0.4) is 0 Å². The van der Waals surface area contributed by atoms with Crippen LogP contribution in [0.4, 0.5) is 0 Å². The van der Waals surface area contributed by atoms with Gasteiger partial charge in [0.1, 0.15) is 12.4 Å². The minimum Gasteiger partial charge on any atom is -0.491 e. The number of hydrogen-bond donors (Lipinski definition) is 1. The van der Waals surface area contributed by atoms with Gasteiger partial charge in [-0.1, -0.05) is 6.92 Å². The Morgan fingerprint density at radius 2 is 1.92 bits per heavy atom. The fourth-order valence-electron chi connectivity index (χ4n) is 3.79. The van der Waals surface area contributed by atoms with Crippen molar-refractivity contribution in [2.75, 3.05) is 40.6 Å². The van der Waals surface area contributed by atoms with Gasteiger partial charge >= 0.3 is 0 Å². The fourth-order valence-corrected chi connectivity index (χ4v) is 3.79. The SMILES string of the molecule is COCCNC(=O)C(C)C1CCc2c(C)cc(OCCOC)c(C)c2C1. The van der Waals surface area contributed by atoms with E-state index in [1.54, 1.807) is 14.2 Å². The maximum atomic E-state index is 12.4. The molecule has 5 nitrogen and oxygen atoms in total. The summed E-state index contributed by atoms with van der Waals surface area (Å²) in [7, 11) is 3.32. The van der Waals surface area contributed by atoms with Crippen LogP contribution in [0.25, 0.3) is 0 Å². The second-order valence-corrected chi connectivity index (χ2v) is 7.19. The Balaban J connectivity index is 2.11. The van der Waals surface area contributed by atoms with Gasteiger partial charge in [-0.2, -0.15) is 0 Å². The largest absolute Gasteiger partial charge is 0.491 e. The molecule has 0 saturated carbocycles. The number of rotatable bonds is 9. The van der Waals surface area contributed by atoms with E-state index in [0.29, 0.717) is 32.3 Å². The Morgan fingerprint density at radius 3 is 2.62 bits per heavy atom. The molecule has 0 saturated heterocycles. The first kappa shape index (κ1) is 20.7. The molecule has 2 atom stereocenters. The molecule has 1 amide bonds. The summed E-state index contributed by atoms with van der Waals surface area (Å²) in [4.78, 5) is 12.4. The number of hydrogen-bond acceptors (Lipinski definition) is 4. The van der Waals surface area contributed by atoms with Crippen LogP contribution < -0.4 is 10.1 Å². The van der Waals surface area contributed by atoms with E-state index in [2.05, 4.69) is 25.2 Å². The number of carbonyl (C=O) groups is 1. The number of benzene rings is 1. The molecule has 0 fully saturated rings. The number of aryl methyl sites for hydroxylation is 1. The molecular formula is C21H33NO4. The number of amides is 1. The molecule has 5 heteroatoms. The standard InChI is InChI=1S/C21H33NO4/c1-14-12-20(26-11-10-25-5)16(3)19-13-17(6-7-18(14)19)15(2)21(23)22-8-9-24-4/h12,15,17H,6-11,13H2,1-5H3,(H,22,23). The van der Waals surface area contributed by atoms with E-state index in [0.717, 1.165) is 25.0 Å². The summed E-state index contributed by atoms with van der Waals surface area (Å²) < 4.78 is 16.0. The highest BCUT2D eigenvalue weighted by Crippen LogP contribution is 2.37. The van der Waals surface area contributed by atoms with Crippen LogP contribution in [-0.4, -0.2) is 46.5 Å². The third-order valence-electron chi connectivity index (χ3n) is 5.51. The summed E-state index contributed by atoms with van der Waals surface area (Å²) in [5.41, 5.74) is 5.29. The topological polar surface area (TPSA) is 56.8 Å². The van der Waals surface area contributed by atoms with Gasteiger partial charge in [0.2, 0.25) is 5.91 Å². The molecule has 1 aliphatic carbocycles. The predicted molar refractivity (Wildman–Crippen MR) is 103 cm³/mol. The lowest BCUT2D eigenvalue weighted by Crippen LogP contribution is -2.37. The van der Waals surface area contributed by atoms with Crippen molar-refractivity contribution in [2.24, 2.45) is 11.8 Å². The van der Waals surface area contributed by atoms with E-state index in [9.17, 15) is 4.79 Å². The van der Waals surface area contributed by atoms with Crippen molar-refractivity contribution < 1.29 is 19.0 Å². The van der Waals surface area contributed by atoms with E-state index in [-0.39, 0.29) is 11.8 Å². The average molecular weight is 363 g/mol. The van der Waals surface area contributed by atoms with Crippen LogP contribution in [0.2, 0.25) is 0 Å². The molecular weight excluding hydrogens is 330 g/mol. The van der Waals surface area contributed by atoms with Crippen LogP contribution in [0.5, 0.6) is 5.75 Å². The van der Waals surface area contributed by atoms with E-state index < -0.39 is 0 Å². The van der Waals surface area contributed by atoms with E-state index >= 15 is 0 Å². The fraction of sp³-hybridized carbons (Fsp3) is 0.667. The first-order valence-corrected chi connectivity index (χ1v) is 9.49. The van der Waals surface area contributed by atoms with E-state index in [4.69, 9.17) is 14.2 Å². The minimum absolute atomic E-state index is 0.00206. The van der Waals surface area contributed by atoms with Crippen molar-refractivity contribution >= 4 is 5.91 Å². The lowest BCUT2D eigenvalue weighted by Gasteiger charge is -2.31. The first-order chi connectivity index (χ1) is 12.5. The monoisotopic (exact) mass is 363 g/mol. The molecule has 0 radical (unpaired) electrons. The molecule has 26 heavy (non-hydrogen) atoms. The van der Waals surface area contributed by atoms with Gasteiger partial charge in [-0.25, -0.2) is 0 Å². The van der Waals surface area contributed by atoms with Gasteiger partial charge in [-0.3, -0.25) is 4.79 Å². The van der Waals surface area contributed by atoms with Gasteiger partial charge < -0.3 is 19.5 Å². The molecule has 146 valence electrons. The van der Waals surface area contributed by atoms with Gasteiger partial charge in [0.25, 0.3) is 0 Å². The highest BCUT2D eigenvalue weighted by Gasteiger charge is 2.30. The number of nitrogens with one attached hydrogen (secondary N) is 1. The third kappa shape index (κ3) is 4.98. The summed E-state index contributed by atoms with van der Waals surface area (Å²) in [5.74, 6) is 1.42. The molecule has 2 rings (SSSR count). The van der Waals surface area contributed by atoms with Gasteiger partial charge in [0, 0.05) is 26.7 Å². The van der Waals surface area contributed by atoms with Gasteiger partial charge in [0.15, 0.2) is 0 Å². The van der Waals surface area contributed by atoms with Crippen LogP contribution in [0, 0.1) is 25.7 Å². The normalized spacial score (nSPS) is 17.5. The minimum atomic E-state index is -0.00206. The molecule has 1 N–H and O–H groups in total. The lowest BCUT2D eigenvalue weighted by molar-refractivity contribution is -0.126. The molecule has 0 heterocycles. The van der Waals surface area contributed by atoms with Crippen molar-refractivity contribution in [3.05, 3.63) is 28.3 Å². The van der Waals surface area contributed by atoms with Crippen molar-refractivity contribution in [3.8, 4) is 5.75 Å². The van der Waals surface area contributed by atoms with Gasteiger partial charge in [-0.15, -0.1) is 0 Å². The Labute approximate surface area is 157 Å². The van der Waals surface area contributed by atoms with E-state index in [1.807, 2.05) is 6.92 Å². The maximum absolute atomic E-state index is 12.4. The van der Waals surface area contributed by atoms with Gasteiger partial charge in [0.05, 0.1) is 13.2 Å². The van der Waals surface area contributed by atoms with Crippen LogP contribution >= 0.6 is 0 Å². The van der Waals surface area contributed by atoms with Crippen molar-refractivity contribution in [1.82, 2.24) is 5.32 Å². The van der Waals surface area contributed by atoms with Crippen molar-refractivity contribution in [3.63, 3.8) is 0 Å². The highest BCUT2D eigenvalue weighted by molar-refractivity contribution is 5.78. The molecule has 0 aromatic heterocycles. The Morgan fingerprint density at radius 1 is 1.19 bits per heavy atom. The second-order valence-electron chi connectivity index (χ2n) is 7.19. The number of carbonyl (C=O) groups excluding carboxylic acids is 1. The maximum Gasteiger partial charge on any atom is 0.223 e. The van der Waals surface area contributed by atoms with Crippen molar-refractivity contribution in [1.29, 1.82) is 0 Å². The van der Waals surface area contributed by atoms with Gasteiger partial charge in [-0.05, 0) is 67.3 Å². The Bertz CT molecular complexity index is 615. The zero-order valence-electron chi connectivity index (χ0n) is 16.8. The van der Waals surface area contributed by atoms with Crippen LogP contribution in [0.15, 0.2) is 6.07 Å². The molecule has 0 aliphatic heterocycles. The molecule has 1 aromatic carbocycles. The Hall–Kier alpha value is -1.59. The zero-order chi connectivity index (χ0) is 19.1. The zero-order valence-corrected chi connectivity index (χ0v) is 16.8. The summed E-state index contributed by atoms with van der Waals surface area (Å²) in [6.45, 7) is 8.58. The second kappa shape index (κ2) is 9.93. The molecule has 2 unspecified atom stereocenters. The van der Waals surface area contributed by atoms with E-state index in [1.165, 1.54) is 22.3 Å². The molecule has 1 aliphatic rings. The third-order valence-corrected chi connectivity index (χ3v) is 5.51. The highest BCUT2D eigenvalue weighted by atomic mass is 16.5. The molecule has 1 aromatic rings. The quantitative estimate of drug-likeness (QED) is 0.686. The summed E-state index contributed by atoms with van der Waals surface area (Å²) >= 11 is 0. The number of methoxy groups -OCH3 is 2. The van der Waals surface area contributed by atoms with Crippen LogP contribution in [-0.2, 0) is 27.1 Å². The summed E-state index contributed by atoms with van der Waals surface area (Å²) in [5, 5.41) is 2.97. The lowest BCUT2D eigenvalue weighted by atomic mass is 9.74. The first-order valence-electron chi connectivity index (χ1n) is 9.49. The summed E-state index contributed by atoms with van der Waals surface area (Å²) in [6.07, 6.45) is 3.01. The summed E-state index contributed by atoms with van der Waals surface area (Å²) in [6, 6.07) is 2.14. The number of fused-ring (bicyclic) bond motifs is 1. The smallest absolute Gasteiger partial charge is 0.223 e. The average Bonchev–Trinajstić information content (AvgIpc) is 2.65. The Kier molecular flexibility index (Phi) is 7.91. The van der Waals surface area contributed by atoms with Crippen molar-refractivity contribution in [2.45, 2.75) is 40.0 Å². The predicted octanol–water partition coefficient (Wildman–Crippen LogP) is 2.83. The molecule has 0 spiro atoms.